The van der Waals surface area contributed by atoms with E-state index in [1.54, 1.807) is 4.90 Å². The predicted octanol–water partition coefficient (Wildman–Crippen LogP) is 0.339. The highest BCUT2D eigenvalue weighted by Gasteiger charge is 2.29. The highest BCUT2D eigenvalue weighted by molar-refractivity contribution is 5.86. The standard InChI is InChI=1S/C13H23N3O2/c14-7-6-11-4-1-2-9-16(11)13(18)10-15-8-3-5-12(15)17/h11H,1-10,14H2/t11-/m0/s1. The Balaban J connectivity index is 1.91. The van der Waals surface area contributed by atoms with E-state index >= 15 is 0 Å². The zero-order valence-electron chi connectivity index (χ0n) is 10.9. The topological polar surface area (TPSA) is 66.6 Å². The Morgan fingerprint density at radius 1 is 1.28 bits per heavy atom. The SMILES string of the molecule is NCC[C@@H]1CCCCN1C(=O)CN1CCCC1=O. The third-order valence-corrected chi connectivity index (χ3v) is 3.94. The molecule has 0 aromatic rings. The van der Waals surface area contributed by atoms with Gasteiger partial charge in [-0.2, -0.15) is 0 Å². The van der Waals surface area contributed by atoms with Gasteiger partial charge in [-0.25, -0.2) is 0 Å². The van der Waals surface area contributed by atoms with Gasteiger partial charge >= 0.3 is 0 Å². The number of rotatable bonds is 4. The van der Waals surface area contributed by atoms with Crippen molar-refractivity contribution in [1.29, 1.82) is 0 Å². The zero-order valence-corrected chi connectivity index (χ0v) is 10.9. The summed E-state index contributed by atoms with van der Waals surface area (Å²) in [7, 11) is 0. The quantitative estimate of drug-likeness (QED) is 0.785. The summed E-state index contributed by atoms with van der Waals surface area (Å²) in [6.07, 6.45) is 5.66. The molecule has 1 atom stereocenters. The highest BCUT2D eigenvalue weighted by Crippen LogP contribution is 2.20. The minimum atomic E-state index is 0.100. The van der Waals surface area contributed by atoms with Crippen LogP contribution in [0.1, 0.15) is 38.5 Å². The van der Waals surface area contributed by atoms with Crippen molar-refractivity contribution in [3.8, 4) is 0 Å². The van der Waals surface area contributed by atoms with Crippen LogP contribution in [0.5, 0.6) is 0 Å². The number of likely N-dealkylation sites (tertiary alicyclic amines) is 2. The fourth-order valence-corrected chi connectivity index (χ4v) is 2.95. The van der Waals surface area contributed by atoms with Crippen LogP contribution in [0.15, 0.2) is 0 Å². The molecular weight excluding hydrogens is 230 g/mol. The van der Waals surface area contributed by atoms with Crippen LogP contribution in [-0.2, 0) is 9.59 Å². The van der Waals surface area contributed by atoms with Crippen LogP contribution < -0.4 is 5.73 Å². The molecule has 0 saturated carbocycles. The second-order valence-corrected chi connectivity index (χ2v) is 5.23. The van der Waals surface area contributed by atoms with Gasteiger partial charge in [0.15, 0.2) is 0 Å². The van der Waals surface area contributed by atoms with Gasteiger partial charge < -0.3 is 15.5 Å². The van der Waals surface area contributed by atoms with Gasteiger partial charge in [-0.3, -0.25) is 9.59 Å². The first-order chi connectivity index (χ1) is 8.72. The highest BCUT2D eigenvalue weighted by atomic mass is 16.2. The molecule has 5 nitrogen and oxygen atoms in total. The Morgan fingerprint density at radius 3 is 2.78 bits per heavy atom. The Kier molecular flexibility index (Phi) is 4.58. The third kappa shape index (κ3) is 3.02. The number of amides is 2. The maximum Gasteiger partial charge on any atom is 0.242 e. The first-order valence-electron chi connectivity index (χ1n) is 6.99. The zero-order chi connectivity index (χ0) is 13.0. The summed E-state index contributed by atoms with van der Waals surface area (Å²) >= 11 is 0. The normalized spacial score (nSPS) is 24.7. The van der Waals surface area contributed by atoms with Gasteiger partial charge in [-0.1, -0.05) is 0 Å². The lowest BCUT2D eigenvalue weighted by atomic mass is 9.99. The summed E-state index contributed by atoms with van der Waals surface area (Å²) in [5.41, 5.74) is 5.60. The van der Waals surface area contributed by atoms with Crippen molar-refractivity contribution in [3.63, 3.8) is 0 Å². The van der Waals surface area contributed by atoms with Gasteiger partial charge in [0.2, 0.25) is 11.8 Å². The number of piperidine rings is 1. The van der Waals surface area contributed by atoms with Gasteiger partial charge in [-0.15, -0.1) is 0 Å². The monoisotopic (exact) mass is 253 g/mol. The number of hydrogen-bond donors (Lipinski definition) is 1. The first-order valence-corrected chi connectivity index (χ1v) is 6.99. The molecule has 2 aliphatic heterocycles. The summed E-state index contributed by atoms with van der Waals surface area (Å²) in [6, 6.07) is 0.286. The molecule has 0 radical (unpaired) electrons. The summed E-state index contributed by atoms with van der Waals surface area (Å²) < 4.78 is 0. The third-order valence-electron chi connectivity index (χ3n) is 3.94. The molecular formula is C13H23N3O2. The molecule has 0 bridgehead atoms. The Morgan fingerprint density at radius 2 is 2.11 bits per heavy atom. The molecule has 2 fully saturated rings. The van der Waals surface area contributed by atoms with Crippen molar-refractivity contribution in [2.24, 2.45) is 5.73 Å². The van der Waals surface area contributed by atoms with Crippen LogP contribution in [0.25, 0.3) is 0 Å². The minimum absolute atomic E-state index is 0.100. The lowest BCUT2D eigenvalue weighted by Gasteiger charge is -2.36. The van der Waals surface area contributed by atoms with Crippen molar-refractivity contribution in [3.05, 3.63) is 0 Å². The van der Waals surface area contributed by atoms with Crippen molar-refractivity contribution >= 4 is 11.8 Å². The molecule has 0 unspecified atom stereocenters. The smallest absolute Gasteiger partial charge is 0.242 e. The molecule has 0 spiro atoms. The number of carbonyl (C=O) groups is 2. The van der Waals surface area contributed by atoms with E-state index < -0.39 is 0 Å². The molecule has 2 N–H and O–H groups in total. The van der Waals surface area contributed by atoms with Gasteiger partial charge in [0.1, 0.15) is 0 Å². The van der Waals surface area contributed by atoms with E-state index in [4.69, 9.17) is 5.73 Å². The van der Waals surface area contributed by atoms with E-state index in [0.29, 0.717) is 13.0 Å². The molecule has 0 aromatic carbocycles. The summed E-state index contributed by atoms with van der Waals surface area (Å²) in [6.45, 7) is 2.45. The summed E-state index contributed by atoms with van der Waals surface area (Å²) in [5, 5.41) is 0. The minimum Gasteiger partial charge on any atom is -0.338 e. The van der Waals surface area contributed by atoms with Crippen molar-refractivity contribution in [2.45, 2.75) is 44.6 Å². The fourth-order valence-electron chi connectivity index (χ4n) is 2.95. The molecule has 2 rings (SSSR count). The van der Waals surface area contributed by atoms with Crippen LogP contribution in [0.4, 0.5) is 0 Å². The van der Waals surface area contributed by atoms with E-state index in [0.717, 1.165) is 38.8 Å². The number of nitrogens with two attached hydrogens (primary N) is 1. The molecule has 2 aliphatic rings. The largest absolute Gasteiger partial charge is 0.338 e. The van der Waals surface area contributed by atoms with Crippen LogP contribution in [0.2, 0.25) is 0 Å². The Bertz CT molecular complexity index is 317. The Hall–Kier alpha value is -1.10. The van der Waals surface area contributed by atoms with E-state index in [2.05, 4.69) is 0 Å². The van der Waals surface area contributed by atoms with E-state index in [1.165, 1.54) is 6.42 Å². The van der Waals surface area contributed by atoms with Crippen molar-refractivity contribution < 1.29 is 9.59 Å². The van der Waals surface area contributed by atoms with Gasteiger partial charge in [0.25, 0.3) is 0 Å². The molecule has 5 heteroatoms. The van der Waals surface area contributed by atoms with Crippen LogP contribution in [0.3, 0.4) is 0 Å². The lowest BCUT2D eigenvalue weighted by Crippen LogP contribution is -2.48. The van der Waals surface area contributed by atoms with Crippen LogP contribution in [-0.4, -0.2) is 53.8 Å². The first kappa shape index (κ1) is 13.3. The molecule has 2 saturated heterocycles. The maximum absolute atomic E-state index is 12.3. The number of nitrogens with zero attached hydrogens (tertiary/aromatic N) is 2. The Labute approximate surface area is 108 Å². The predicted molar refractivity (Wildman–Crippen MR) is 68.8 cm³/mol. The van der Waals surface area contributed by atoms with Gasteiger partial charge in [-0.05, 0) is 38.6 Å². The summed E-state index contributed by atoms with van der Waals surface area (Å²) in [4.78, 5) is 27.4. The van der Waals surface area contributed by atoms with E-state index in [1.807, 2.05) is 4.90 Å². The van der Waals surface area contributed by atoms with Crippen LogP contribution in [0, 0.1) is 0 Å². The number of carbonyl (C=O) groups excluding carboxylic acids is 2. The van der Waals surface area contributed by atoms with E-state index in [-0.39, 0.29) is 24.4 Å². The molecule has 18 heavy (non-hydrogen) atoms. The maximum atomic E-state index is 12.3. The molecule has 0 aromatic heterocycles. The average Bonchev–Trinajstić information content (AvgIpc) is 2.76. The molecule has 0 aliphatic carbocycles. The van der Waals surface area contributed by atoms with E-state index in [9.17, 15) is 9.59 Å². The summed E-state index contributed by atoms with van der Waals surface area (Å²) in [5.74, 6) is 0.221. The molecule has 102 valence electrons. The van der Waals surface area contributed by atoms with Crippen LogP contribution >= 0.6 is 0 Å². The fraction of sp³-hybridized carbons (Fsp3) is 0.846. The number of hydrogen-bond acceptors (Lipinski definition) is 3. The average molecular weight is 253 g/mol. The van der Waals surface area contributed by atoms with Crippen molar-refractivity contribution in [1.82, 2.24) is 9.80 Å². The second-order valence-electron chi connectivity index (χ2n) is 5.23. The molecule has 2 amide bonds. The molecule has 2 heterocycles. The lowest BCUT2D eigenvalue weighted by molar-refractivity contribution is -0.141. The van der Waals surface area contributed by atoms with Gasteiger partial charge in [0.05, 0.1) is 6.54 Å². The van der Waals surface area contributed by atoms with Gasteiger partial charge in [0, 0.05) is 25.6 Å². The second kappa shape index (κ2) is 6.18. The van der Waals surface area contributed by atoms with Crippen molar-refractivity contribution in [2.75, 3.05) is 26.2 Å².